The van der Waals surface area contributed by atoms with E-state index in [9.17, 15) is 0 Å². The van der Waals surface area contributed by atoms with E-state index in [-0.39, 0.29) is 17.1 Å². The third kappa shape index (κ3) is 2.38. The van der Waals surface area contributed by atoms with Gasteiger partial charge in [-0.1, -0.05) is 12.4 Å². The fraction of sp³-hybridized carbons (Fsp3) is 0. The number of pyridine rings is 1. The second-order valence-corrected chi connectivity index (χ2v) is 0.947. The van der Waals surface area contributed by atoms with Crippen LogP contribution in [0.5, 0.6) is 0 Å². The van der Waals surface area contributed by atoms with Crippen molar-refractivity contribution in [2.45, 2.75) is 0 Å². The van der Waals surface area contributed by atoms with Gasteiger partial charge >= 0.3 is 0 Å². The molecule has 0 amide bonds. The average Bonchev–Trinajstić information content (AvgIpc) is 1.72. The van der Waals surface area contributed by atoms with Crippen LogP contribution in [0.15, 0.2) is 24.5 Å². The first-order valence-electron chi connectivity index (χ1n) is 1.76. The van der Waals surface area contributed by atoms with E-state index in [4.69, 9.17) is 0 Å². The van der Waals surface area contributed by atoms with Crippen molar-refractivity contribution in [2.75, 3.05) is 0 Å². The van der Waals surface area contributed by atoms with Crippen molar-refractivity contribution in [3.05, 3.63) is 30.6 Å². The maximum absolute atomic E-state index is 3.75. The summed E-state index contributed by atoms with van der Waals surface area (Å²) in [7, 11) is 0. The molecule has 0 aromatic carbocycles. The van der Waals surface area contributed by atoms with Crippen LogP contribution in [0.1, 0.15) is 0 Å². The van der Waals surface area contributed by atoms with Gasteiger partial charge in [0.1, 0.15) is 0 Å². The summed E-state index contributed by atoms with van der Waals surface area (Å²) in [6.07, 6.45) is 3.39. The van der Waals surface area contributed by atoms with Crippen molar-refractivity contribution in [2.24, 2.45) is 0 Å². The van der Waals surface area contributed by atoms with Crippen molar-refractivity contribution in [1.29, 1.82) is 0 Å². The SMILES string of the molecule is [Fe].[c-]1ccncc1. The third-order valence-corrected chi connectivity index (χ3v) is 0.514. The van der Waals surface area contributed by atoms with Crippen molar-refractivity contribution < 1.29 is 17.1 Å². The van der Waals surface area contributed by atoms with E-state index in [1.54, 1.807) is 24.5 Å². The van der Waals surface area contributed by atoms with Crippen LogP contribution in [0.4, 0.5) is 0 Å². The fourth-order valence-electron chi connectivity index (χ4n) is 0.277. The summed E-state index contributed by atoms with van der Waals surface area (Å²) in [5.74, 6) is 0. The summed E-state index contributed by atoms with van der Waals surface area (Å²) in [6, 6.07) is 6.36. The molecule has 1 heterocycles. The summed E-state index contributed by atoms with van der Waals surface area (Å²) >= 11 is 0. The number of hydrogen-bond acceptors (Lipinski definition) is 1. The van der Waals surface area contributed by atoms with E-state index in [2.05, 4.69) is 11.1 Å². The minimum Gasteiger partial charge on any atom is -0.391 e. The van der Waals surface area contributed by atoms with Gasteiger partial charge in [0.25, 0.3) is 0 Å². The molecule has 1 rings (SSSR count). The zero-order chi connectivity index (χ0) is 4.24. The maximum atomic E-state index is 3.75. The molecule has 38 valence electrons. The molecular weight excluding hydrogens is 130 g/mol. The van der Waals surface area contributed by atoms with E-state index >= 15 is 0 Å². The molecule has 0 fully saturated rings. The molecule has 1 nitrogen and oxygen atoms in total. The first-order chi connectivity index (χ1) is 3.00. The Morgan fingerprint density at radius 2 is 1.71 bits per heavy atom. The second kappa shape index (κ2) is 3.85. The molecule has 2 heteroatoms. The van der Waals surface area contributed by atoms with Gasteiger partial charge in [-0.3, -0.25) is 0 Å². The number of rotatable bonds is 0. The van der Waals surface area contributed by atoms with Gasteiger partial charge in [0.2, 0.25) is 0 Å². The Bertz CT molecular complexity index is 80.0. The summed E-state index contributed by atoms with van der Waals surface area (Å²) < 4.78 is 0. The molecular formula is C5H4FeN-. The molecule has 0 N–H and O–H groups in total. The number of hydrogen-bond donors (Lipinski definition) is 0. The Balaban J connectivity index is 0.000000360. The van der Waals surface area contributed by atoms with Crippen LogP contribution in [0.2, 0.25) is 0 Å². The van der Waals surface area contributed by atoms with E-state index in [0.717, 1.165) is 0 Å². The average molecular weight is 134 g/mol. The van der Waals surface area contributed by atoms with Gasteiger partial charge in [0, 0.05) is 17.1 Å². The molecule has 0 unspecified atom stereocenters. The van der Waals surface area contributed by atoms with Gasteiger partial charge in [0.15, 0.2) is 0 Å². The Morgan fingerprint density at radius 1 is 1.14 bits per heavy atom. The van der Waals surface area contributed by atoms with Gasteiger partial charge in [-0.25, -0.2) is 0 Å². The normalized spacial score (nSPS) is 6.86. The van der Waals surface area contributed by atoms with Crippen molar-refractivity contribution in [3.8, 4) is 0 Å². The predicted molar refractivity (Wildman–Crippen MR) is 23.1 cm³/mol. The molecule has 0 atom stereocenters. The van der Waals surface area contributed by atoms with Gasteiger partial charge in [-0.2, -0.15) is 18.2 Å². The van der Waals surface area contributed by atoms with Crippen LogP contribution in [-0.2, 0) is 17.1 Å². The molecule has 1 aromatic rings. The van der Waals surface area contributed by atoms with Crippen molar-refractivity contribution in [3.63, 3.8) is 0 Å². The van der Waals surface area contributed by atoms with Crippen LogP contribution >= 0.6 is 0 Å². The number of nitrogens with zero attached hydrogens (tertiary/aromatic N) is 1. The minimum atomic E-state index is 0. The van der Waals surface area contributed by atoms with Crippen LogP contribution in [-0.4, -0.2) is 4.98 Å². The molecule has 0 aliphatic rings. The van der Waals surface area contributed by atoms with Crippen LogP contribution in [0.25, 0.3) is 0 Å². The van der Waals surface area contributed by atoms with Gasteiger partial charge in [-0.05, 0) is 0 Å². The molecule has 1 aromatic heterocycles. The predicted octanol–water partition coefficient (Wildman–Crippen LogP) is 0.879. The Labute approximate surface area is 53.2 Å². The fourth-order valence-corrected chi connectivity index (χ4v) is 0.277. The second-order valence-electron chi connectivity index (χ2n) is 0.947. The Kier molecular flexibility index (Phi) is 3.66. The summed E-state index contributed by atoms with van der Waals surface area (Å²) in [4.78, 5) is 3.75. The standard InChI is InChI=1S/C5H4N.Fe/c1-2-4-6-5-3-1;/h2-5H;/q-1;. The van der Waals surface area contributed by atoms with Gasteiger partial charge < -0.3 is 4.98 Å². The van der Waals surface area contributed by atoms with Crippen molar-refractivity contribution in [1.82, 2.24) is 4.98 Å². The molecule has 0 aliphatic heterocycles. The van der Waals surface area contributed by atoms with E-state index < -0.39 is 0 Å². The van der Waals surface area contributed by atoms with Gasteiger partial charge in [0.05, 0.1) is 0 Å². The number of aromatic nitrogens is 1. The first kappa shape index (κ1) is 6.67. The minimum absolute atomic E-state index is 0. The molecule has 0 saturated carbocycles. The van der Waals surface area contributed by atoms with E-state index in [1.165, 1.54) is 0 Å². The molecule has 0 saturated heterocycles. The van der Waals surface area contributed by atoms with Crippen molar-refractivity contribution >= 4 is 0 Å². The molecule has 0 spiro atoms. The van der Waals surface area contributed by atoms with E-state index in [1.807, 2.05) is 0 Å². The zero-order valence-corrected chi connectivity index (χ0v) is 4.71. The molecule has 0 aliphatic carbocycles. The maximum Gasteiger partial charge on any atom is 0 e. The first-order valence-corrected chi connectivity index (χ1v) is 1.76. The third-order valence-electron chi connectivity index (χ3n) is 0.514. The largest absolute Gasteiger partial charge is 0.391 e. The Hall–Kier alpha value is -0.331. The van der Waals surface area contributed by atoms with E-state index in [0.29, 0.717) is 0 Å². The topological polar surface area (TPSA) is 12.9 Å². The Morgan fingerprint density at radius 3 is 1.86 bits per heavy atom. The summed E-state index contributed by atoms with van der Waals surface area (Å²) in [5, 5.41) is 0. The summed E-state index contributed by atoms with van der Waals surface area (Å²) in [5.41, 5.74) is 0. The molecule has 7 heavy (non-hydrogen) atoms. The van der Waals surface area contributed by atoms with Gasteiger partial charge in [-0.15, -0.1) is 0 Å². The molecule has 0 bridgehead atoms. The van der Waals surface area contributed by atoms with Crippen LogP contribution in [0.3, 0.4) is 0 Å². The monoisotopic (exact) mass is 134 g/mol. The zero-order valence-electron chi connectivity index (χ0n) is 3.61. The van der Waals surface area contributed by atoms with Crippen LogP contribution in [0, 0.1) is 6.07 Å². The molecule has 0 radical (unpaired) electrons. The summed E-state index contributed by atoms with van der Waals surface area (Å²) in [6.45, 7) is 0. The smallest absolute Gasteiger partial charge is 0 e. The quantitative estimate of drug-likeness (QED) is 0.379. The van der Waals surface area contributed by atoms with Crippen LogP contribution < -0.4 is 0 Å².